The van der Waals surface area contributed by atoms with E-state index < -0.39 is 12.2 Å². The average molecular weight is 311 g/mol. The Kier molecular flexibility index (Phi) is 3.92. The summed E-state index contributed by atoms with van der Waals surface area (Å²) < 4.78 is 3.95. The Hall–Kier alpha value is -3.35. The van der Waals surface area contributed by atoms with Gasteiger partial charge in [0.25, 0.3) is 0 Å². The van der Waals surface area contributed by atoms with Gasteiger partial charge in [0.15, 0.2) is 0 Å². The molecule has 0 aliphatic heterocycles. The normalized spacial score (nSPS) is 10.4. The molecule has 0 radical (unpaired) electrons. The molecule has 7 nitrogen and oxygen atoms in total. The van der Waals surface area contributed by atoms with Gasteiger partial charge in [-0.1, -0.05) is 36.4 Å². The molecule has 1 amide bonds. The quantitative estimate of drug-likeness (QED) is 0.509. The van der Waals surface area contributed by atoms with E-state index in [1.165, 1.54) is 0 Å². The number of nitrogens with one attached hydrogen (secondary N) is 2. The van der Waals surface area contributed by atoms with Gasteiger partial charge in [-0.15, -0.1) is 0 Å². The smallest absolute Gasteiger partial charge is 0.449 e. The molecule has 0 saturated carbocycles. The number of alkyl carbamates (subject to hydrolysis) is 1. The van der Waals surface area contributed by atoms with Crippen molar-refractivity contribution < 1.29 is 19.4 Å². The summed E-state index contributed by atoms with van der Waals surface area (Å²) in [5.41, 5.74) is 3.58. The molecule has 0 fully saturated rings. The van der Waals surface area contributed by atoms with E-state index in [9.17, 15) is 9.59 Å². The predicted octanol–water partition coefficient (Wildman–Crippen LogP) is 3.13. The highest BCUT2D eigenvalue weighted by Gasteiger charge is 2.08. The minimum absolute atomic E-state index is 0.173. The van der Waals surface area contributed by atoms with Crippen LogP contribution in [0.25, 0.3) is 22.4 Å². The van der Waals surface area contributed by atoms with Gasteiger partial charge in [-0.25, -0.2) is 14.6 Å². The van der Waals surface area contributed by atoms with Crippen molar-refractivity contribution in [2.24, 2.45) is 0 Å². The zero-order valence-electron chi connectivity index (χ0n) is 11.9. The van der Waals surface area contributed by atoms with Crippen molar-refractivity contribution in [3.05, 3.63) is 54.1 Å². The largest absolute Gasteiger partial charge is 0.514 e. The summed E-state index contributed by atoms with van der Waals surface area (Å²) in [6.07, 6.45) is -2.64. The summed E-state index contributed by atoms with van der Waals surface area (Å²) in [5.74, 6) is 0.760. The van der Waals surface area contributed by atoms with Crippen molar-refractivity contribution in [1.29, 1.82) is 0 Å². The summed E-state index contributed by atoms with van der Waals surface area (Å²) in [6, 6.07) is 15.1. The van der Waals surface area contributed by atoms with Crippen molar-refractivity contribution in [2.75, 3.05) is 0 Å². The molecule has 3 aromatic rings. The minimum Gasteiger partial charge on any atom is -0.449 e. The monoisotopic (exact) mass is 311 g/mol. The van der Waals surface area contributed by atoms with Crippen LogP contribution < -0.4 is 5.32 Å². The van der Waals surface area contributed by atoms with Crippen molar-refractivity contribution in [3.8, 4) is 11.4 Å². The van der Waals surface area contributed by atoms with Crippen LogP contribution in [0.15, 0.2) is 48.5 Å². The number of carbonyl (C=O) groups excluding carboxylic acids is 1. The second-order valence-corrected chi connectivity index (χ2v) is 4.81. The van der Waals surface area contributed by atoms with Crippen LogP contribution in [0.1, 0.15) is 5.56 Å². The minimum atomic E-state index is -1.64. The standard InChI is InChI=1S/C16H13N3O4/c20-15(23-16(21)22)17-9-10-5-7-11(8-6-10)14-18-12-3-1-2-4-13(12)19-14/h1-8H,9H2,(H,17,20)(H,18,19)(H,21,22). The number of carbonyl (C=O) groups is 2. The van der Waals surface area contributed by atoms with Gasteiger partial charge in [0.05, 0.1) is 11.0 Å². The lowest BCUT2D eigenvalue weighted by molar-refractivity contribution is 0.109. The van der Waals surface area contributed by atoms with E-state index in [0.717, 1.165) is 28.0 Å². The fraction of sp³-hybridized carbons (Fsp3) is 0.0625. The number of aromatic nitrogens is 2. The molecule has 0 aliphatic rings. The highest BCUT2D eigenvalue weighted by molar-refractivity contribution is 5.80. The lowest BCUT2D eigenvalue weighted by Crippen LogP contribution is -2.25. The molecule has 1 heterocycles. The molecule has 0 unspecified atom stereocenters. The van der Waals surface area contributed by atoms with Crippen LogP contribution >= 0.6 is 0 Å². The predicted molar refractivity (Wildman–Crippen MR) is 82.9 cm³/mol. The molecule has 7 heteroatoms. The van der Waals surface area contributed by atoms with Crippen molar-refractivity contribution in [3.63, 3.8) is 0 Å². The van der Waals surface area contributed by atoms with Gasteiger partial charge >= 0.3 is 12.2 Å². The fourth-order valence-electron chi connectivity index (χ4n) is 2.16. The number of rotatable bonds is 3. The molecule has 0 atom stereocenters. The summed E-state index contributed by atoms with van der Waals surface area (Å²) in [5, 5.41) is 10.7. The topological polar surface area (TPSA) is 104 Å². The number of aromatic amines is 1. The van der Waals surface area contributed by atoms with Gasteiger partial charge < -0.3 is 20.1 Å². The van der Waals surface area contributed by atoms with Crippen LogP contribution in [-0.2, 0) is 11.3 Å². The number of para-hydroxylation sites is 2. The molecule has 2 aromatic carbocycles. The average Bonchev–Trinajstić information content (AvgIpc) is 2.97. The van der Waals surface area contributed by atoms with E-state index in [2.05, 4.69) is 20.0 Å². The Morgan fingerprint density at radius 2 is 1.87 bits per heavy atom. The molecule has 0 aliphatic carbocycles. The van der Waals surface area contributed by atoms with Gasteiger partial charge in [0, 0.05) is 12.1 Å². The lowest BCUT2D eigenvalue weighted by Gasteiger charge is -2.04. The van der Waals surface area contributed by atoms with Crippen LogP contribution in [0.3, 0.4) is 0 Å². The Bertz CT molecular complexity index is 822. The second kappa shape index (κ2) is 6.18. The van der Waals surface area contributed by atoms with Crippen LogP contribution in [0.4, 0.5) is 9.59 Å². The highest BCUT2D eigenvalue weighted by atomic mass is 16.7. The summed E-state index contributed by atoms with van der Waals surface area (Å²) in [6.45, 7) is 0.173. The number of hydrogen-bond donors (Lipinski definition) is 3. The maximum atomic E-state index is 11.1. The first-order valence-electron chi connectivity index (χ1n) is 6.84. The first-order chi connectivity index (χ1) is 11.1. The van der Waals surface area contributed by atoms with E-state index >= 15 is 0 Å². The molecular weight excluding hydrogens is 298 g/mol. The summed E-state index contributed by atoms with van der Waals surface area (Å²) in [4.78, 5) is 29.0. The number of benzene rings is 2. The SMILES string of the molecule is O=C(O)OC(=O)NCc1ccc(-c2nc3ccccc3[nH]2)cc1. The highest BCUT2D eigenvalue weighted by Crippen LogP contribution is 2.20. The first kappa shape index (κ1) is 14.6. The van der Waals surface area contributed by atoms with E-state index in [1.807, 2.05) is 48.5 Å². The van der Waals surface area contributed by atoms with E-state index in [-0.39, 0.29) is 6.54 Å². The van der Waals surface area contributed by atoms with Gasteiger partial charge in [-0.2, -0.15) is 0 Å². The first-order valence-corrected chi connectivity index (χ1v) is 6.84. The van der Waals surface area contributed by atoms with E-state index in [1.54, 1.807) is 0 Å². The van der Waals surface area contributed by atoms with Crippen LogP contribution in [0.2, 0.25) is 0 Å². The number of ether oxygens (including phenoxy) is 1. The molecule has 3 rings (SSSR count). The Balaban J connectivity index is 1.69. The van der Waals surface area contributed by atoms with E-state index in [4.69, 9.17) is 5.11 Å². The molecule has 23 heavy (non-hydrogen) atoms. The number of H-pyrrole nitrogens is 1. The lowest BCUT2D eigenvalue weighted by atomic mass is 10.1. The molecule has 0 spiro atoms. The van der Waals surface area contributed by atoms with E-state index in [0.29, 0.717) is 0 Å². The van der Waals surface area contributed by atoms with Gasteiger partial charge in [0.1, 0.15) is 5.82 Å². The number of imidazole rings is 1. The number of nitrogens with zero attached hydrogens (tertiary/aromatic N) is 1. The zero-order chi connectivity index (χ0) is 16.2. The maximum Gasteiger partial charge on any atom is 0.514 e. The van der Waals surface area contributed by atoms with Crippen LogP contribution in [0.5, 0.6) is 0 Å². The van der Waals surface area contributed by atoms with Crippen molar-refractivity contribution in [1.82, 2.24) is 15.3 Å². The van der Waals surface area contributed by atoms with Gasteiger partial charge in [-0.3, -0.25) is 0 Å². The van der Waals surface area contributed by atoms with Crippen molar-refractivity contribution in [2.45, 2.75) is 6.54 Å². The maximum absolute atomic E-state index is 11.1. The molecule has 0 bridgehead atoms. The summed E-state index contributed by atoms with van der Waals surface area (Å²) >= 11 is 0. The Morgan fingerprint density at radius 1 is 1.13 bits per heavy atom. The third-order valence-electron chi connectivity index (χ3n) is 3.23. The zero-order valence-corrected chi connectivity index (χ0v) is 11.9. The molecule has 3 N–H and O–H groups in total. The molecule has 116 valence electrons. The van der Waals surface area contributed by atoms with Crippen LogP contribution in [-0.4, -0.2) is 27.3 Å². The number of hydrogen-bond acceptors (Lipinski definition) is 4. The van der Waals surface area contributed by atoms with Gasteiger partial charge in [0.2, 0.25) is 0 Å². The Morgan fingerprint density at radius 3 is 2.57 bits per heavy atom. The number of amides is 1. The van der Waals surface area contributed by atoms with Crippen LogP contribution in [0, 0.1) is 0 Å². The van der Waals surface area contributed by atoms with Gasteiger partial charge in [-0.05, 0) is 17.7 Å². The summed E-state index contributed by atoms with van der Waals surface area (Å²) in [7, 11) is 0. The molecule has 0 saturated heterocycles. The Labute approximate surface area is 130 Å². The second-order valence-electron chi connectivity index (χ2n) is 4.81. The number of fused-ring (bicyclic) bond motifs is 1. The number of carboxylic acid groups (broad SMARTS) is 1. The molecule has 1 aromatic heterocycles. The molecular formula is C16H13N3O4. The third kappa shape index (κ3) is 3.46. The fourth-order valence-corrected chi connectivity index (χ4v) is 2.16. The van der Waals surface area contributed by atoms with Crippen molar-refractivity contribution >= 4 is 23.3 Å². The third-order valence-corrected chi connectivity index (χ3v) is 3.23.